The number of aromatic nitrogens is 1. The van der Waals surface area contributed by atoms with Crippen molar-refractivity contribution in [3.63, 3.8) is 0 Å². The minimum atomic E-state index is -0.0435. The Balaban J connectivity index is 1.54. The van der Waals surface area contributed by atoms with Gasteiger partial charge in [0.2, 0.25) is 5.91 Å². The molecule has 0 spiro atoms. The lowest BCUT2D eigenvalue weighted by molar-refractivity contribution is -0.115. The molecule has 1 amide bonds. The van der Waals surface area contributed by atoms with Crippen molar-refractivity contribution in [1.82, 2.24) is 4.98 Å². The predicted molar refractivity (Wildman–Crippen MR) is 120 cm³/mol. The highest BCUT2D eigenvalue weighted by atomic mass is 79.9. The topological polar surface area (TPSA) is 60.5 Å². The maximum atomic E-state index is 12.3. The van der Waals surface area contributed by atoms with Crippen LogP contribution >= 0.6 is 27.7 Å². The summed E-state index contributed by atoms with van der Waals surface area (Å²) in [5, 5.41) is 2.92. The first-order valence-electron chi connectivity index (χ1n) is 9.02. The lowest BCUT2D eigenvalue weighted by Crippen LogP contribution is -2.12. The third-order valence-corrected chi connectivity index (χ3v) is 5.52. The fraction of sp³-hybridized carbons (Fsp3) is 0.182. The highest BCUT2D eigenvalue weighted by Crippen LogP contribution is 2.31. The molecule has 0 unspecified atom stereocenters. The summed E-state index contributed by atoms with van der Waals surface area (Å²) in [5.41, 5.74) is 1.62. The van der Waals surface area contributed by atoms with Crippen molar-refractivity contribution in [3.8, 4) is 11.5 Å². The van der Waals surface area contributed by atoms with E-state index in [2.05, 4.69) is 26.2 Å². The lowest BCUT2D eigenvalue weighted by atomic mass is 10.2. The maximum absolute atomic E-state index is 12.3. The SMILES string of the molecule is COc1ccc(NC(=O)CCSc2ccc(Br)cc2)cc1OCc1cccnc1. The van der Waals surface area contributed by atoms with Gasteiger partial charge in [-0.3, -0.25) is 9.78 Å². The summed E-state index contributed by atoms with van der Waals surface area (Å²) in [6.07, 6.45) is 3.88. The number of pyridine rings is 1. The normalized spacial score (nSPS) is 10.4. The van der Waals surface area contributed by atoms with E-state index >= 15 is 0 Å². The van der Waals surface area contributed by atoms with Crippen LogP contribution in [0, 0.1) is 0 Å². The van der Waals surface area contributed by atoms with Crippen molar-refractivity contribution in [2.75, 3.05) is 18.2 Å². The quantitative estimate of drug-likeness (QED) is 0.413. The van der Waals surface area contributed by atoms with Crippen LogP contribution in [0.25, 0.3) is 0 Å². The highest BCUT2D eigenvalue weighted by Gasteiger charge is 2.09. The minimum absolute atomic E-state index is 0.0435. The molecule has 0 bridgehead atoms. The largest absolute Gasteiger partial charge is 0.493 e. The second kappa shape index (κ2) is 10.9. The Labute approximate surface area is 183 Å². The fourth-order valence-corrected chi connectivity index (χ4v) is 3.64. The van der Waals surface area contributed by atoms with Crippen LogP contribution in [0.4, 0.5) is 5.69 Å². The van der Waals surface area contributed by atoms with Crippen LogP contribution < -0.4 is 14.8 Å². The molecule has 3 rings (SSSR count). The molecule has 1 aromatic heterocycles. The van der Waals surface area contributed by atoms with Gasteiger partial charge in [-0.05, 0) is 42.5 Å². The second-order valence-electron chi connectivity index (χ2n) is 6.12. The third-order valence-electron chi connectivity index (χ3n) is 3.98. The van der Waals surface area contributed by atoms with Crippen molar-refractivity contribution >= 4 is 39.3 Å². The molecular formula is C22H21BrN2O3S. The molecule has 7 heteroatoms. The van der Waals surface area contributed by atoms with E-state index in [0.717, 1.165) is 14.9 Å². The van der Waals surface area contributed by atoms with Crippen LogP contribution in [-0.4, -0.2) is 23.8 Å². The number of methoxy groups -OCH3 is 1. The number of carbonyl (C=O) groups is 1. The molecule has 0 aliphatic carbocycles. The molecule has 5 nitrogen and oxygen atoms in total. The number of hydrogen-bond donors (Lipinski definition) is 1. The summed E-state index contributed by atoms with van der Waals surface area (Å²) in [5.74, 6) is 1.84. The van der Waals surface area contributed by atoms with Crippen molar-refractivity contribution in [3.05, 3.63) is 77.0 Å². The number of halogens is 1. The average molecular weight is 473 g/mol. The number of rotatable bonds is 9. The molecule has 0 aliphatic heterocycles. The van der Waals surface area contributed by atoms with Gasteiger partial charge in [0.05, 0.1) is 7.11 Å². The summed E-state index contributed by atoms with van der Waals surface area (Å²) in [4.78, 5) is 17.5. The lowest BCUT2D eigenvalue weighted by Gasteiger charge is -2.13. The Morgan fingerprint density at radius 2 is 1.97 bits per heavy atom. The molecule has 150 valence electrons. The van der Waals surface area contributed by atoms with Crippen molar-refractivity contribution in [2.45, 2.75) is 17.9 Å². The number of carbonyl (C=O) groups excluding carboxylic acids is 1. The Morgan fingerprint density at radius 1 is 1.14 bits per heavy atom. The number of nitrogens with zero attached hydrogens (tertiary/aromatic N) is 1. The first kappa shape index (κ1) is 21.2. The molecule has 0 saturated carbocycles. The van der Waals surface area contributed by atoms with E-state index in [4.69, 9.17) is 9.47 Å². The molecule has 0 radical (unpaired) electrons. The van der Waals surface area contributed by atoms with Crippen LogP contribution in [-0.2, 0) is 11.4 Å². The highest BCUT2D eigenvalue weighted by molar-refractivity contribution is 9.10. The molecule has 1 N–H and O–H groups in total. The number of amides is 1. The molecule has 0 atom stereocenters. The monoisotopic (exact) mass is 472 g/mol. The number of anilines is 1. The molecule has 2 aromatic carbocycles. The smallest absolute Gasteiger partial charge is 0.225 e. The van der Waals surface area contributed by atoms with Crippen molar-refractivity contribution < 1.29 is 14.3 Å². The van der Waals surface area contributed by atoms with Gasteiger partial charge in [-0.25, -0.2) is 0 Å². The van der Waals surface area contributed by atoms with E-state index in [1.54, 1.807) is 49.5 Å². The van der Waals surface area contributed by atoms with Gasteiger partial charge in [0.25, 0.3) is 0 Å². The Bertz CT molecular complexity index is 937. The van der Waals surface area contributed by atoms with Crippen LogP contribution in [0.2, 0.25) is 0 Å². The maximum Gasteiger partial charge on any atom is 0.225 e. The minimum Gasteiger partial charge on any atom is -0.493 e. The second-order valence-corrected chi connectivity index (χ2v) is 8.20. The van der Waals surface area contributed by atoms with Gasteiger partial charge >= 0.3 is 0 Å². The van der Waals surface area contributed by atoms with Gasteiger partial charge in [0.1, 0.15) is 6.61 Å². The molecule has 1 heterocycles. The fourth-order valence-electron chi connectivity index (χ4n) is 2.53. The van der Waals surface area contributed by atoms with Crippen molar-refractivity contribution in [1.29, 1.82) is 0 Å². The van der Waals surface area contributed by atoms with Crippen LogP contribution in [0.1, 0.15) is 12.0 Å². The van der Waals surface area contributed by atoms with Gasteiger partial charge in [0.15, 0.2) is 11.5 Å². The summed E-state index contributed by atoms with van der Waals surface area (Å²) in [6.45, 7) is 0.366. The first-order valence-corrected chi connectivity index (χ1v) is 10.8. The molecule has 0 saturated heterocycles. The van der Waals surface area contributed by atoms with E-state index in [1.807, 2.05) is 36.4 Å². The molecule has 0 fully saturated rings. The molecule has 0 aliphatic rings. The predicted octanol–water partition coefficient (Wildman–Crippen LogP) is 5.55. The zero-order chi connectivity index (χ0) is 20.5. The summed E-state index contributed by atoms with van der Waals surface area (Å²) >= 11 is 5.07. The average Bonchev–Trinajstić information content (AvgIpc) is 2.74. The molecular weight excluding hydrogens is 452 g/mol. The molecule has 29 heavy (non-hydrogen) atoms. The van der Waals surface area contributed by atoms with Gasteiger partial charge < -0.3 is 14.8 Å². The number of nitrogens with one attached hydrogen (secondary N) is 1. The van der Waals surface area contributed by atoms with Crippen LogP contribution in [0.3, 0.4) is 0 Å². The number of ether oxygens (including phenoxy) is 2. The number of thioether (sulfide) groups is 1. The van der Waals surface area contributed by atoms with Gasteiger partial charge in [-0.15, -0.1) is 11.8 Å². The van der Waals surface area contributed by atoms with E-state index in [1.165, 1.54) is 0 Å². The van der Waals surface area contributed by atoms with Gasteiger partial charge in [-0.1, -0.05) is 22.0 Å². The summed E-state index contributed by atoms with van der Waals surface area (Å²) in [7, 11) is 1.59. The first-order chi connectivity index (χ1) is 14.1. The van der Waals surface area contributed by atoms with E-state index in [0.29, 0.717) is 36.0 Å². The van der Waals surface area contributed by atoms with E-state index < -0.39 is 0 Å². The van der Waals surface area contributed by atoms with Gasteiger partial charge in [0, 0.05) is 51.3 Å². The molecule has 3 aromatic rings. The van der Waals surface area contributed by atoms with Crippen LogP contribution in [0.15, 0.2) is 76.4 Å². The summed E-state index contributed by atoms with van der Waals surface area (Å²) in [6, 6.07) is 17.2. The Kier molecular flexibility index (Phi) is 7.95. The van der Waals surface area contributed by atoms with Crippen molar-refractivity contribution in [2.24, 2.45) is 0 Å². The number of benzene rings is 2. The standard InChI is InChI=1S/C22H21BrN2O3S/c1-27-20-9-6-18(13-21(20)28-15-16-3-2-11-24-14-16)25-22(26)10-12-29-19-7-4-17(23)5-8-19/h2-9,11,13-14H,10,12,15H2,1H3,(H,25,26). The van der Waals surface area contributed by atoms with E-state index in [-0.39, 0.29) is 5.91 Å². The zero-order valence-electron chi connectivity index (χ0n) is 15.9. The third kappa shape index (κ3) is 6.80. The van der Waals surface area contributed by atoms with Crippen LogP contribution in [0.5, 0.6) is 11.5 Å². The summed E-state index contributed by atoms with van der Waals surface area (Å²) < 4.78 is 12.3. The Hall–Kier alpha value is -2.51. The Morgan fingerprint density at radius 3 is 2.69 bits per heavy atom. The van der Waals surface area contributed by atoms with Gasteiger partial charge in [-0.2, -0.15) is 0 Å². The van der Waals surface area contributed by atoms with E-state index in [9.17, 15) is 4.79 Å². The zero-order valence-corrected chi connectivity index (χ0v) is 18.3. The number of hydrogen-bond acceptors (Lipinski definition) is 5.